The second-order valence-electron chi connectivity index (χ2n) is 6.70. The van der Waals surface area contributed by atoms with E-state index in [0.29, 0.717) is 25.9 Å². The molecule has 1 amide bonds. The van der Waals surface area contributed by atoms with E-state index in [2.05, 4.69) is 20.8 Å². The standard InChI is InChI=1S/C19H27NO3S/c1-4-24-16(14(2)3)17(21)20-12-10-19(11-13-20,18(22)23)15-8-6-5-7-9-15/h5-9,14,16H,4,10-13H2,1-3H3,(H,22,23). The summed E-state index contributed by atoms with van der Waals surface area (Å²) in [5.74, 6) is 0.557. The Balaban J connectivity index is 2.13. The Morgan fingerprint density at radius 2 is 1.79 bits per heavy atom. The van der Waals surface area contributed by atoms with Gasteiger partial charge >= 0.3 is 5.97 Å². The molecule has 0 aliphatic carbocycles. The van der Waals surface area contributed by atoms with Crippen molar-refractivity contribution in [2.24, 2.45) is 5.92 Å². The molecule has 1 unspecified atom stereocenters. The number of likely N-dealkylation sites (tertiary alicyclic amines) is 1. The number of carboxylic acids is 1. The summed E-state index contributed by atoms with van der Waals surface area (Å²) in [4.78, 5) is 26.7. The molecule has 1 aliphatic rings. The maximum atomic E-state index is 12.8. The van der Waals surface area contributed by atoms with Crippen LogP contribution in [0.25, 0.3) is 0 Å². The van der Waals surface area contributed by atoms with Crippen LogP contribution in [0.15, 0.2) is 30.3 Å². The summed E-state index contributed by atoms with van der Waals surface area (Å²) in [5.41, 5.74) is -0.0311. The molecule has 1 saturated heterocycles. The summed E-state index contributed by atoms with van der Waals surface area (Å²) < 4.78 is 0. The highest BCUT2D eigenvalue weighted by molar-refractivity contribution is 8.00. The first-order valence-corrected chi connectivity index (χ1v) is 9.66. The first kappa shape index (κ1) is 18.8. The van der Waals surface area contributed by atoms with Crippen molar-refractivity contribution < 1.29 is 14.7 Å². The minimum atomic E-state index is -0.872. The van der Waals surface area contributed by atoms with Gasteiger partial charge in [-0.05, 0) is 30.1 Å². The van der Waals surface area contributed by atoms with Crippen molar-refractivity contribution in [2.45, 2.75) is 44.3 Å². The number of carbonyl (C=O) groups excluding carboxylic acids is 1. The quantitative estimate of drug-likeness (QED) is 0.855. The molecule has 0 radical (unpaired) electrons. The smallest absolute Gasteiger partial charge is 0.314 e. The van der Waals surface area contributed by atoms with Gasteiger partial charge in [0.05, 0.1) is 10.7 Å². The van der Waals surface area contributed by atoms with Crippen LogP contribution in [0.5, 0.6) is 0 Å². The molecule has 1 aromatic carbocycles. The largest absolute Gasteiger partial charge is 0.481 e. The minimum Gasteiger partial charge on any atom is -0.481 e. The number of hydrogen-bond donors (Lipinski definition) is 1. The minimum absolute atomic E-state index is 0.0379. The van der Waals surface area contributed by atoms with Crippen molar-refractivity contribution >= 4 is 23.6 Å². The fourth-order valence-corrected chi connectivity index (χ4v) is 4.44. The number of piperidine rings is 1. The van der Waals surface area contributed by atoms with E-state index in [9.17, 15) is 14.7 Å². The number of amides is 1. The maximum Gasteiger partial charge on any atom is 0.314 e. The Kier molecular flexibility index (Phi) is 6.33. The van der Waals surface area contributed by atoms with Gasteiger partial charge in [-0.15, -0.1) is 11.8 Å². The molecule has 132 valence electrons. The summed E-state index contributed by atoms with van der Waals surface area (Å²) in [6, 6.07) is 9.42. The third kappa shape index (κ3) is 3.77. The third-order valence-electron chi connectivity index (χ3n) is 4.86. The zero-order valence-electron chi connectivity index (χ0n) is 14.7. The van der Waals surface area contributed by atoms with Gasteiger partial charge in [0.25, 0.3) is 0 Å². The van der Waals surface area contributed by atoms with Crippen molar-refractivity contribution in [2.75, 3.05) is 18.8 Å². The Morgan fingerprint density at radius 3 is 2.25 bits per heavy atom. The highest BCUT2D eigenvalue weighted by Crippen LogP contribution is 2.36. The molecule has 1 fully saturated rings. The van der Waals surface area contributed by atoms with Gasteiger partial charge in [-0.3, -0.25) is 9.59 Å². The number of rotatable bonds is 6. The summed E-state index contributed by atoms with van der Waals surface area (Å²) in [5, 5.41) is 9.80. The van der Waals surface area contributed by atoms with E-state index < -0.39 is 11.4 Å². The summed E-state index contributed by atoms with van der Waals surface area (Å²) in [6.45, 7) is 7.22. The first-order chi connectivity index (χ1) is 11.4. The normalized spacial score (nSPS) is 18.4. The van der Waals surface area contributed by atoms with Crippen LogP contribution in [-0.2, 0) is 15.0 Å². The lowest BCUT2D eigenvalue weighted by Crippen LogP contribution is -2.51. The van der Waals surface area contributed by atoms with E-state index in [0.717, 1.165) is 11.3 Å². The fraction of sp³-hybridized carbons (Fsp3) is 0.579. The fourth-order valence-electron chi connectivity index (χ4n) is 3.40. The van der Waals surface area contributed by atoms with Crippen LogP contribution in [0.4, 0.5) is 0 Å². The molecule has 0 bridgehead atoms. The van der Waals surface area contributed by atoms with E-state index in [1.807, 2.05) is 35.2 Å². The average Bonchev–Trinajstić information content (AvgIpc) is 2.59. The molecule has 1 aromatic rings. The highest BCUT2D eigenvalue weighted by atomic mass is 32.2. The van der Waals surface area contributed by atoms with Crippen LogP contribution < -0.4 is 0 Å². The molecule has 5 heteroatoms. The molecular weight excluding hydrogens is 322 g/mol. The molecular formula is C19H27NO3S. The Hall–Kier alpha value is -1.49. The Labute approximate surface area is 148 Å². The molecule has 1 atom stereocenters. The topological polar surface area (TPSA) is 57.6 Å². The molecule has 0 spiro atoms. The van der Waals surface area contributed by atoms with Gasteiger partial charge in [-0.2, -0.15) is 0 Å². The maximum absolute atomic E-state index is 12.8. The number of hydrogen-bond acceptors (Lipinski definition) is 3. The molecule has 0 saturated carbocycles. The lowest BCUT2D eigenvalue weighted by atomic mass is 9.72. The molecule has 0 aromatic heterocycles. The molecule has 1 N–H and O–H groups in total. The number of thioether (sulfide) groups is 1. The zero-order valence-corrected chi connectivity index (χ0v) is 15.5. The van der Waals surface area contributed by atoms with Gasteiger partial charge in [-0.1, -0.05) is 51.1 Å². The monoisotopic (exact) mass is 349 g/mol. The van der Waals surface area contributed by atoms with Gasteiger partial charge in [0, 0.05) is 13.1 Å². The predicted octanol–water partition coefficient (Wildman–Crippen LogP) is 3.41. The van der Waals surface area contributed by atoms with Gasteiger partial charge in [0.2, 0.25) is 5.91 Å². The van der Waals surface area contributed by atoms with E-state index in [1.165, 1.54) is 0 Å². The second kappa shape index (κ2) is 8.06. The highest BCUT2D eigenvalue weighted by Gasteiger charge is 2.44. The van der Waals surface area contributed by atoms with Crippen molar-refractivity contribution in [1.82, 2.24) is 4.90 Å². The van der Waals surface area contributed by atoms with E-state index in [-0.39, 0.29) is 17.1 Å². The summed E-state index contributed by atoms with van der Waals surface area (Å²) >= 11 is 1.68. The van der Waals surface area contributed by atoms with Gasteiger partial charge in [0.15, 0.2) is 0 Å². The van der Waals surface area contributed by atoms with Crippen molar-refractivity contribution in [3.05, 3.63) is 35.9 Å². The molecule has 24 heavy (non-hydrogen) atoms. The Bertz CT molecular complexity index is 565. The summed E-state index contributed by atoms with van der Waals surface area (Å²) in [6.07, 6.45) is 0.944. The second-order valence-corrected chi connectivity index (χ2v) is 8.12. The number of aliphatic carboxylic acids is 1. The summed E-state index contributed by atoms with van der Waals surface area (Å²) in [7, 11) is 0. The van der Waals surface area contributed by atoms with Crippen LogP contribution >= 0.6 is 11.8 Å². The number of nitrogens with zero attached hydrogens (tertiary/aromatic N) is 1. The molecule has 4 nitrogen and oxygen atoms in total. The van der Waals surface area contributed by atoms with Gasteiger partial charge in [0.1, 0.15) is 0 Å². The number of benzene rings is 1. The van der Waals surface area contributed by atoms with E-state index in [1.54, 1.807) is 11.8 Å². The zero-order chi connectivity index (χ0) is 17.7. The number of carboxylic acid groups (broad SMARTS) is 1. The SMILES string of the molecule is CCSC(C(=O)N1CCC(C(=O)O)(c2ccccc2)CC1)C(C)C. The van der Waals surface area contributed by atoms with Crippen molar-refractivity contribution in [1.29, 1.82) is 0 Å². The molecule has 1 aliphatic heterocycles. The van der Waals surface area contributed by atoms with Crippen molar-refractivity contribution in [3.63, 3.8) is 0 Å². The third-order valence-corrected chi connectivity index (χ3v) is 6.30. The lowest BCUT2D eigenvalue weighted by molar-refractivity contribution is -0.148. The van der Waals surface area contributed by atoms with Crippen LogP contribution in [0.1, 0.15) is 39.2 Å². The molecule has 2 rings (SSSR count). The van der Waals surface area contributed by atoms with E-state index >= 15 is 0 Å². The molecule has 1 heterocycles. The van der Waals surface area contributed by atoms with Gasteiger partial charge in [-0.25, -0.2) is 0 Å². The van der Waals surface area contributed by atoms with Crippen LogP contribution in [0.2, 0.25) is 0 Å². The van der Waals surface area contributed by atoms with Crippen LogP contribution in [0, 0.1) is 5.92 Å². The van der Waals surface area contributed by atoms with Crippen molar-refractivity contribution in [3.8, 4) is 0 Å². The predicted molar refractivity (Wildman–Crippen MR) is 98.3 cm³/mol. The Morgan fingerprint density at radius 1 is 1.21 bits per heavy atom. The van der Waals surface area contributed by atoms with Crippen LogP contribution in [-0.4, -0.2) is 46.0 Å². The number of carbonyl (C=O) groups is 2. The van der Waals surface area contributed by atoms with Gasteiger partial charge < -0.3 is 10.0 Å². The average molecular weight is 349 g/mol. The van der Waals surface area contributed by atoms with Crippen LogP contribution in [0.3, 0.4) is 0 Å². The lowest BCUT2D eigenvalue weighted by Gasteiger charge is -2.40. The van der Waals surface area contributed by atoms with E-state index in [4.69, 9.17) is 0 Å². The first-order valence-electron chi connectivity index (χ1n) is 8.61.